The van der Waals surface area contributed by atoms with Gasteiger partial charge in [0.25, 0.3) is 0 Å². The van der Waals surface area contributed by atoms with E-state index in [0.29, 0.717) is 5.56 Å². The predicted octanol–water partition coefficient (Wildman–Crippen LogP) is 6.01. The maximum absolute atomic E-state index is 12.6. The van der Waals surface area contributed by atoms with Crippen molar-refractivity contribution >= 4 is 5.91 Å². The van der Waals surface area contributed by atoms with Gasteiger partial charge in [-0.15, -0.1) is 0 Å². The molecule has 0 heterocycles. The summed E-state index contributed by atoms with van der Waals surface area (Å²) < 4.78 is 5.29. The molecule has 0 saturated heterocycles. The molecule has 1 aliphatic rings. The number of carbonyl (C=O) groups excluding carboxylic acids is 1. The number of nitrogens with two attached hydrogens (primary N) is 1. The number of primary amides is 1. The van der Waals surface area contributed by atoms with Crippen LogP contribution in [0, 0.1) is 5.92 Å². The third kappa shape index (κ3) is 7.15. The molecule has 1 unspecified atom stereocenters. The molecule has 1 saturated carbocycles. The maximum atomic E-state index is 12.6. The van der Waals surface area contributed by atoms with Crippen LogP contribution >= 0.6 is 0 Å². The smallest absolute Gasteiger partial charge is 0.248 e. The Morgan fingerprint density at radius 1 is 1.06 bits per heavy atom. The van der Waals surface area contributed by atoms with Crippen molar-refractivity contribution < 1.29 is 9.53 Å². The van der Waals surface area contributed by atoms with E-state index in [1.54, 1.807) is 7.11 Å². The van der Waals surface area contributed by atoms with Gasteiger partial charge in [0.05, 0.1) is 0 Å². The quantitative estimate of drug-likeness (QED) is 0.367. The van der Waals surface area contributed by atoms with Crippen LogP contribution < -0.4 is 11.1 Å². The average Bonchev–Trinajstić information content (AvgIpc) is 2.84. The molecule has 0 radical (unpaired) electrons. The molecule has 1 aliphatic carbocycles. The van der Waals surface area contributed by atoms with Gasteiger partial charge in [0, 0.05) is 31.7 Å². The van der Waals surface area contributed by atoms with E-state index in [9.17, 15) is 4.79 Å². The van der Waals surface area contributed by atoms with Crippen molar-refractivity contribution in [3.8, 4) is 0 Å². The van der Waals surface area contributed by atoms with Gasteiger partial charge in [0.2, 0.25) is 5.91 Å². The second kappa shape index (κ2) is 13.5. The van der Waals surface area contributed by atoms with Crippen LogP contribution in [0.25, 0.3) is 0 Å². The number of methoxy groups -OCH3 is 1. The first kappa shape index (κ1) is 25.5. The fourth-order valence-corrected chi connectivity index (χ4v) is 5.71. The van der Waals surface area contributed by atoms with Gasteiger partial charge in [0.1, 0.15) is 0 Å². The van der Waals surface area contributed by atoms with Gasteiger partial charge >= 0.3 is 0 Å². The van der Waals surface area contributed by atoms with E-state index in [1.165, 1.54) is 48.8 Å². The zero-order valence-electron chi connectivity index (χ0n) is 20.5. The lowest BCUT2D eigenvalue weighted by Gasteiger charge is -2.31. The number of rotatable bonds is 13. The minimum absolute atomic E-state index is 0.239. The van der Waals surface area contributed by atoms with Crippen LogP contribution in [0.1, 0.15) is 96.7 Å². The van der Waals surface area contributed by atoms with Crippen LogP contribution in [0.2, 0.25) is 0 Å². The van der Waals surface area contributed by atoms with Crippen molar-refractivity contribution in [2.75, 3.05) is 27.3 Å². The lowest BCUT2D eigenvalue weighted by atomic mass is 9.75. The van der Waals surface area contributed by atoms with E-state index in [4.69, 9.17) is 10.5 Å². The number of hydrogen-bond donors (Lipinski definition) is 2. The Morgan fingerprint density at radius 3 is 2.48 bits per heavy atom. The number of benzene rings is 2. The molecular weight excluding hydrogens is 408 g/mol. The van der Waals surface area contributed by atoms with Gasteiger partial charge in [-0.2, -0.15) is 0 Å². The molecule has 3 N–H and O–H groups in total. The zero-order valence-corrected chi connectivity index (χ0v) is 20.5. The largest absolute Gasteiger partial charge is 0.385 e. The highest BCUT2D eigenvalue weighted by Gasteiger charge is 2.28. The second-order valence-electron chi connectivity index (χ2n) is 9.62. The number of hydrogen-bond acceptors (Lipinski definition) is 3. The van der Waals surface area contributed by atoms with Crippen molar-refractivity contribution in [3.63, 3.8) is 0 Å². The summed E-state index contributed by atoms with van der Waals surface area (Å²) in [7, 11) is 3.77. The molecule has 0 aromatic heterocycles. The Kier molecular flexibility index (Phi) is 10.4. The van der Waals surface area contributed by atoms with Crippen molar-refractivity contribution in [2.45, 2.75) is 69.6 Å². The molecule has 0 bridgehead atoms. The molecule has 33 heavy (non-hydrogen) atoms. The first-order chi connectivity index (χ1) is 16.2. The third-order valence-electron chi connectivity index (χ3n) is 7.28. The van der Waals surface area contributed by atoms with Crippen LogP contribution in [0.3, 0.4) is 0 Å². The molecule has 2 aromatic rings. The fourth-order valence-electron chi connectivity index (χ4n) is 5.71. The van der Waals surface area contributed by atoms with Gasteiger partial charge in [-0.05, 0) is 60.9 Å². The molecule has 2 aromatic carbocycles. The number of unbranched alkanes of at least 4 members (excludes halogenated alkanes) is 1. The van der Waals surface area contributed by atoms with E-state index in [0.717, 1.165) is 44.8 Å². The number of likely N-dealkylation sites (N-methyl/N-ethyl adjacent to an activating group) is 1. The van der Waals surface area contributed by atoms with E-state index < -0.39 is 0 Å². The average molecular weight is 451 g/mol. The lowest BCUT2D eigenvalue weighted by Crippen LogP contribution is -2.26. The van der Waals surface area contributed by atoms with Gasteiger partial charge in [-0.3, -0.25) is 4.79 Å². The lowest BCUT2D eigenvalue weighted by molar-refractivity contribution is 0.0998. The van der Waals surface area contributed by atoms with Crippen molar-refractivity contribution in [1.82, 2.24) is 5.32 Å². The Hall–Kier alpha value is -2.17. The molecule has 4 nitrogen and oxygen atoms in total. The minimum atomic E-state index is -0.317. The molecule has 0 spiro atoms. The maximum Gasteiger partial charge on any atom is 0.248 e. The summed E-state index contributed by atoms with van der Waals surface area (Å²) in [5, 5.41) is 3.42. The predicted molar refractivity (Wildman–Crippen MR) is 137 cm³/mol. The molecule has 4 heteroatoms. The first-order valence-electron chi connectivity index (χ1n) is 12.8. The topological polar surface area (TPSA) is 64.3 Å². The molecule has 2 atom stereocenters. The summed E-state index contributed by atoms with van der Waals surface area (Å²) in [6.07, 6.45) is 10.9. The summed E-state index contributed by atoms with van der Waals surface area (Å²) in [4.78, 5) is 12.6. The molecule has 1 fully saturated rings. The summed E-state index contributed by atoms with van der Waals surface area (Å²) in [6.45, 7) is 1.64. The van der Waals surface area contributed by atoms with Crippen molar-refractivity contribution in [1.29, 1.82) is 0 Å². The Bertz CT molecular complexity index is 846. The summed E-state index contributed by atoms with van der Waals surface area (Å²) >= 11 is 0. The molecular formula is C29H42N2O2. The number of ether oxygens (including phenoxy) is 1. The van der Waals surface area contributed by atoms with E-state index >= 15 is 0 Å². The van der Waals surface area contributed by atoms with Crippen LogP contribution in [0.5, 0.6) is 0 Å². The van der Waals surface area contributed by atoms with Crippen molar-refractivity contribution in [3.05, 3.63) is 70.8 Å². The van der Waals surface area contributed by atoms with Gasteiger partial charge in [0.15, 0.2) is 0 Å². The Morgan fingerprint density at radius 2 is 1.82 bits per heavy atom. The molecule has 0 aliphatic heterocycles. The molecule has 180 valence electrons. The summed E-state index contributed by atoms with van der Waals surface area (Å²) in [5.74, 6) is 0.926. The molecule has 1 amide bonds. The monoisotopic (exact) mass is 450 g/mol. The highest BCUT2D eigenvalue weighted by atomic mass is 16.5. The fraction of sp³-hybridized carbons (Fsp3) is 0.552. The van der Waals surface area contributed by atoms with E-state index in [1.807, 2.05) is 19.2 Å². The second-order valence-corrected chi connectivity index (χ2v) is 9.62. The van der Waals surface area contributed by atoms with Gasteiger partial charge in [-0.25, -0.2) is 0 Å². The highest BCUT2D eigenvalue weighted by molar-refractivity contribution is 5.95. The Labute approximate surface area is 200 Å². The van der Waals surface area contributed by atoms with Crippen LogP contribution in [0.15, 0.2) is 48.5 Å². The third-order valence-corrected chi connectivity index (χ3v) is 7.28. The normalized spacial score (nSPS) is 16.4. The number of carbonyl (C=O) groups is 1. The highest BCUT2D eigenvalue weighted by Crippen LogP contribution is 2.40. The van der Waals surface area contributed by atoms with Gasteiger partial charge < -0.3 is 15.8 Å². The van der Waals surface area contributed by atoms with Crippen molar-refractivity contribution in [2.24, 2.45) is 11.7 Å². The zero-order chi connectivity index (χ0) is 23.5. The SMILES string of the molecule is CNC[C@@H](CC1CCCCC1)c1c(C(N)=O)cccc1C(CCCCOC)c1ccccc1. The Balaban J connectivity index is 2.03. The molecule has 3 rings (SSSR count). The number of amides is 1. The van der Waals surface area contributed by atoms with Crippen LogP contribution in [-0.2, 0) is 4.74 Å². The van der Waals surface area contributed by atoms with Crippen LogP contribution in [-0.4, -0.2) is 33.2 Å². The van der Waals surface area contributed by atoms with Gasteiger partial charge in [-0.1, -0.05) is 81.0 Å². The van der Waals surface area contributed by atoms with E-state index in [2.05, 4.69) is 41.7 Å². The number of nitrogens with one attached hydrogen (secondary N) is 1. The first-order valence-corrected chi connectivity index (χ1v) is 12.8. The minimum Gasteiger partial charge on any atom is -0.385 e. The standard InChI is InChI=1S/C29H42N2O2/c1-31-21-24(20-22-12-5-3-6-13-22)28-26(17-11-18-27(28)29(30)32)25(16-9-10-19-33-2)23-14-7-4-8-15-23/h4,7-8,11,14-15,17-18,22,24-25,31H,3,5-6,9-10,12-13,16,19-21H2,1-2H3,(H2,30,32)/t24-,25?/m1/s1. The summed E-state index contributed by atoms with van der Waals surface area (Å²) in [6, 6.07) is 16.9. The van der Waals surface area contributed by atoms with Crippen LogP contribution in [0.4, 0.5) is 0 Å². The summed E-state index contributed by atoms with van der Waals surface area (Å²) in [5.41, 5.74) is 10.4. The van der Waals surface area contributed by atoms with E-state index in [-0.39, 0.29) is 17.7 Å².